The van der Waals surface area contributed by atoms with Gasteiger partial charge in [-0.05, 0) is 62.6 Å². The zero-order chi connectivity index (χ0) is 18.1. The molecule has 1 aromatic rings. The number of rotatable bonds is 5. The van der Waals surface area contributed by atoms with E-state index in [4.69, 9.17) is 11.6 Å². The maximum Gasteiger partial charge on any atom is 0.307 e. The molecule has 4 atom stereocenters. The number of amides is 1. The van der Waals surface area contributed by atoms with Crippen molar-refractivity contribution in [2.45, 2.75) is 33.1 Å². The number of carbonyl (C=O) groups excluding carboxylic acids is 1. The van der Waals surface area contributed by atoms with Gasteiger partial charge in [0.05, 0.1) is 11.8 Å². The van der Waals surface area contributed by atoms with Crippen molar-refractivity contribution < 1.29 is 14.7 Å². The molecule has 2 bridgehead atoms. The van der Waals surface area contributed by atoms with Gasteiger partial charge in [-0.1, -0.05) is 34.9 Å². The number of carboxylic acids is 1. The minimum atomic E-state index is -0.846. The number of hydrogen-bond donors (Lipinski definition) is 2. The molecule has 2 aliphatic carbocycles. The standard InChI is InChI=1S/C20H24ClNO3/c1-11(2)16-14-6-7-15(16)18(20(24)25)17(14)19(23)22-9-8-12-4-3-5-13(21)10-12/h3-5,10,14-15,17-18H,6-9H2,1-2H3,(H,22,23)(H,24,25)/t14-,15+,17-,18+/m1/s1. The van der Waals surface area contributed by atoms with Gasteiger partial charge in [-0.25, -0.2) is 0 Å². The molecule has 134 valence electrons. The van der Waals surface area contributed by atoms with E-state index in [0.717, 1.165) is 18.4 Å². The third kappa shape index (κ3) is 3.45. The van der Waals surface area contributed by atoms with Gasteiger partial charge in [-0.3, -0.25) is 9.59 Å². The maximum absolute atomic E-state index is 12.8. The van der Waals surface area contributed by atoms with Crippen molar-refractivity contribution in [1.29, 1.82) is 0 Å². The molecule has 2 fully saturated rings. The Kier molecular flexibility index (Phi) is 5.19. The predicted molar refractivity (Wildman–Crippen MR) is 97.4 cm³/mol. The molecule has 2 saturated carbocycles. The third-order valence-electron chi connectivity index (χ3n) is 5.61. The smallest absolute Gasteiger partial charge is 0.307 e. The highest BCUT2D eigenvalue weighted by molar-refractivity contribution is 6.30. The van der Waals surface area contributed by atoms with Gasteiger partial charge in [0.1, 0.15) is 0 Å². The maximum atomic E-state index is 12.8. The average molecular weight is 362 g/mol. The van der Waals surface area contributed by atoms with Crippen LogP contribution in [-0.4, -0.2) is 23.5 Å². The quantitative estimate of drug-likeness (QED) is 0.786. The van der Waals surface area contributed by atoms with E-state index < -0.39 is 17.8 Å². The molecule has 0 aromatic heterocycles. The zero-order valence-corrected chi connectivity index (χ0v) is 15.3. The van der Waals surface area contributed by atoms with Gasteiger partial charge in [-0.15, -0.1) is 0 Å². The fourth-order valence-corrected chi connectivity index (χ4v) is 4.96. The highest BCUT2D eigenvalue weighted by atomic mass is 35.5. The summed E-state index contributed by atoms with van der Waals surface area (Å²) in [5.41, 5.74) is 3.44. The molecule has 0 aliphatic heterocycles. The van der Waals surface area contributed by atoms with Gasteiger partial charge < -0.3 is 10.4 Å². The van der Waals surface area contributed by atoms with Gasteiger partial charge >= 0.3 is 5.97 Å². The number of fused-ring (bicyclic) bond motifs is 2. The number of hydrogen-bond acceptors (Lipinski definition) is 2. The molecule has 5 heteroatoms. The van der Waals surface area contributed by atoms with Crippen LogP contribution in [0.5, 0.6) is 0 Å². The van der Waals surface area contributed by atoms with E-state index in [2.05, 4.69) is 5.32 Å². The van der Waals surface area contributed by atoms with Crippen molar-refractivity contribution in [3.8, 4) is 0 Å². The molecule has 0 spiro atoms. The highest BCUT2D eigenvalue weighted by Crippen LogP contribution is 2.57. The molecule has 0 unspecified atom stereocenters. The largest absolute Gasteiger partial charge is 0.481 e. The van der Waals surface area contributed by atoms with Crippen LogP contribution < -0.4 is 5.32 Å². The van der Waals surface area contributed by atoms with Crippen LogP contribution in [0.1, 0.15) is 32.3 Å². The number of nitrogens with one attached hydrogen (secondary N) is 1. The van der Waals surface area contributed by atoms with Crippen LogP contribution in [0.3, 0.4) is 0 Å². The van der Waals surface area contributed by atoms with Crippen LogP contribution in [0, 0.1) is 23.7 Å². The first kappa shape index (κ1) is 18.0. The monoisotopic (exact) mass is 361 g/mol. The molecule has 0 saturated heterocycles. The Balaban J connectivity index is 1.68. The topological polar surface area (TPSA) is 66.4 Å². The Morgan fingerprint density at radius 2 is 1.88 bits per heavy atom. The summed E-state index contributed by atoms with van der Waals surface area (Å²) in [6, 6.07) is 7.55. The highest BCUT2D eigenvalue weighted by Gasteiger charge is 2.57. The Bertz CT molecular complexity index is 723. The van der Waals surface area contributed by atoms with E-state index in [0.29, 0.717) is 18.0 Å². The lowest BCUT2D eigenvalue weighted by Crippen LogP contribution is -2.41. The lowest BCUT2D eigenvalue weighted by Gasteiger charge is -2.26. The summed E-state index contributed by atoms with van der Waals surface area (Å²) in [5.74, 6) is -1.89. The van der Waals surface area contributed by atoms with E-state index in [-0.39, 0.29) is 17.7 Å². The van der Waals surface area contributed by atoms with Gasteiger partial charge in [0.2, 0.25) is 5.91 Å². The number of carbonyl (C=O) groups is 2. The normalized spacial score (nSPS) is 27.4. The van der Waals surface area contributed by atoms with Gasteiger partial charge in [0, 0.05) is 11.6 Å². The molecule has 0 radical (unpaired) electrons. The first-order valence-electron chi connectivity index (χ1n) is 8.82. The molecule has 1 amide bonds. The van der Waals surface area contributed by atoms with E-state index in [1.807, 2.05) is 38.1 Å². The first-order chi connectivity index (χ1) is 11.9. The molecule has 25 heavy (non-hydrogen) atoms. The second-order valence-electron chi connectivity index (χ2n) is 7.31. The van der Waals surface area contributed by atoms with E-state index in [1.165, 1.54) is 11.1 Å². The molecule has 4 nitrogen and oxygen atoms in total. The Hall–Kier alpha value is -1.81. The number of aliphatic carboxylic acids is 1. The van der Waals surface area contributed by atoms with Gasteiger partial charge in [0.25, 0.3) is 0 Å². The molecule has 3 rings (SSSR count). The van der Waals surface area contributed by atoms with Crippen LogP contribution in [-0.2, 0) is 16.0 Å². The second-order valence-corrected chi connectivity index (χ2v) is 7.74. The van der Waals surface area contributed by atoms with E-state index in [1.54, 1.807) is 0 Å². The van der Waals surface area contributed by atoms with Crippen molar-refractivity contribution in [2.24, 2.45) is 23.7 Å². The molecule has 0 heterocycles. The number of carboxylic acid groups (broad SMARTS) is 1. The first-order valence-corrected chi connectivity index (χ1v) is 9.20. The molecule has 2 aliphatic rings. The third-order valence-corrected chi connectivity index (χ3v) is 5.84. The summed E-state index contributed by atoms with van der Waals surface area (Å²) in [7, 11) is 0. The molecule has 2 N–H and O–H groups in total. The number of allylic oxidation sites excluding steroid dienone is 2. The zero-order valence-electron chi connectivity index (χ0n) is 14.6. The molecular formula is C20H24ClNO3. The van der Waals surface area contributed by atoms with Crippen LogP contribution in [0.4, 0.5) is 0 Å². The summed E-state index contributed by atoms with van der Waals surface area (Å²) < 4.78 is 0. The van der Waals surface area contributed by atoms with Crippen molar-refractivity contribution in [3.63, 3.8) is 0 Å². The fraction of sp³-hybridized carbons (Fsp3) is 0.500. The van der Waals surface area contributed by atoms with E-state index in [9.17, 15) is 14.7 Å². The van der Waals surface area contributed by atoms with Crippen molar-refractivity contribution in [2.75, 3.05) is 6.54 Å². The van der Waals surface area contributed by atoms with Crippen LogP contribution in [0.25, 0.3) is 0 Å². The second kappa shape index (κ2) is 7.20. The number of halogens is 1. The van der Waals surface area contributed by atoms with Crippen molar-refractivity contribution >= 4 is 23.5 Å². The minimum absolute atomic E-state index is 0.0242. The Labute approximate surface area is 153 Å². The summed E-state index contributed by atoms with van der Waals surface area (Å²) in [6.07, 6.45) is 2.48. The predicted octanol–water partition coefficient (Wildman–Crippen LogP) is 3.69. The van der Waals surface area contributed by atoms with Gasteiger partial charge in [0.15, 0.2) is 0 Å². The Morgan fingerprint density at radius 3 is 2.48 bits per heavy atom. The van der Waals surface area contributed by atoms with Crippen LogP contribution in [0.15, 0.2) is 35.4 Å². The average Bonchev–Trinajstić information content (AvgIpc) is 3.10. The Morgan fingerprint density at radius 1 is 1.20 bits per heavy atom. The summed E-state index contributed by atoms with van der Waals surface area (Å²) >= 11 is 5.97. The lowest BCUT2D eigenvalue weighted by molar-refractivity contribution is -0.149. The minimum Gasteiger partial charge on any atom is -0.481 e. The summed E-state index contributed by atoms with van der Waals surface area (Å²) in [4.78, 5) is 24.5. The molecular weight excluding hydrogens is 338 g/mol. The van der Waals surface area contributed by atoms with Gasteiger partial charge in [-0.2, -0.15) is 0 Å². The van der Waals surface area contributed by atoms with Crippen molar-refractivity contribution in [3.05, 3.63) is 46.0 Å². The lowest BCUT2D eigenvalue weighted by atomic mass is 9.78. The van der Waals surface area contributed by atoms with Crippen LogP contribution in [0.2, 0.25) is 5.02 Å². The molecule has 1 aromatic carbocycles. The van der Waals surface area contributed by atoms with E-state index >= 15 is 0 Å². The number of benzene rings is 1. The summed E-state index contributed by atoms with van der Waals surface area (Å²) in [6.45, 7) is 4.54. The van der Waals surface area contributed by atoms with Crippen LogP contribution >= 0.6 is 11.6 Å². The fourth-order valence-electron chi connectivity index (χ4n) is 4.75. The van der Waals surface area contributed by atoms with Crippen molar-refractivity contribution in [1.82, 2.24) is 5.32 Å². The SMILES string of the molecule is CC(C)=C1[C@H]2CC[C@@H]1[C@H](C(=O)O)[C@@H]2C(=O)NCCc1cccc(Cl)c1. The summed E-state index contributed by atoms with van der Waals surface area (Å²) in [5, 5.41) is 13.3.